The normalized spacial score (nSPS) is 11.5. The van der Waals surface area contributed by atoms with E-state index in [2.05, 4.69) is 5.32 Å². The van der Waals surface area contributed by atoms with Gasteiger partial charge < -0.3 is 10.4 Å². The van der Waals surface area contributed by atoms with Crippen molar-refractivity contribution in [2.75, 3.05) is 0 Å². The van der Waals surface area contributed by atoms with Crippen LogP contribution in [0.2, 0.25) is 0 Å². The average Bonchev–Trinajstić information content (AvgIpc) is 2.56. The van der Waals surface area contributed by atoms with Gasteiger partial charge in [-0.2, -0.15) is 0 Å². The Hall–Kier alpha value is -3.22. The van der Waals surface area contributed by atoms with Crippen LogP contribution in [-0.4, -0.2) is 27.9 Å². The fraction of sp³-hybridized carbons (Fsp3) is 0.176. The highest BCUT2D eigenvalue weighted by molar-refractivity contribution is 5.97. The zero-order chi connectivity index (χ0) is 17.7. The van der Waals surface area contributed by atoms with E-state index >= 15 is 0 Å². The molecule has 7 heteroatoms. The van der Waals surface area contributed by atoms with Crippen LogP contribution in [0.15, 0.2) is 48.5 Å². The number of rotatable bonds is 6. The maximum Gasteiger partial charge on any atom is 0.326 e. The molecule has 124 valence electrons. The van der Waals surface area contributed by atoms with Gasteiger partial charge in [0.2, 0.25) is 0 Å². The molecule has 1 atom stereocenters. The van der Waals surface area contributed by atoms with Gasteiger partial charge in [-0.3, -0.25) is 14.9 Å². The highest BCUT2D eigenvalue weighted by Crippen LogP contribution is 2.13. The molecule has 1 amide bonds. The summed E-state index contributed by atoms with van der Waals surface area (Å²) in [6.07, 6.45) is 0.121. The molecule has 2 aromatic rings. The number of non-ortho nitro benzene ring substituents is 1. The minimum Gasteiger partial charge on any atom is -0.480 e. The number of hydrogen-bond acceptors (Lipinski definition) is 4. The van der Waals surface area contributed by atoms with Gasteiger partial charge in [0.05, 0.1) is 4.92 Å². The van der Waals surface area contributed by atoms with Crippen molar-refractivity contribution in [3.8, 4) is 0 Å². The summed E-state index contributed by atoms with van der Waals surface area (Å²) in [5.41, 5.74) is 1.63. The van der Waals surface area contributed by atoms with Crippen LogP contribution in [0.4, 0.5) is 5.69 Å². The smallest absolute Gasteiger partial charge is 0.326 e. The molecule has 2 N–H and O–H groups in total. The van der Waals surface area contributed by atoms with E-state index in [-0.39, 0.29) is 17.7 Å². The molecule has 2 rings (SSSR count). The Kier molecular flexibility index (Phi) is 5.26. The van der Waals surface area contributed by atoms with Crippen molar-refractivity contribution in [3.05, 3.63) is 75.3 Å². The summed E-state index contributed by atoms with van der Waals surface area (Å²) in [4.78, 5) is 33.7. The number of carbonyl (C=O) groups is 2. The lowest BCUT2D eigenvalue weighted by Crippen LogP contribution is -2.42. The Bertz CT molecular complexity index is 771. The summed E-state index contributed by atoms with van der Waals surface area (Å²) in [7, 11) is 0. The first-order chi connectivity index (χ1) is 11.4. The van der Waals surface area contributed by atoms with E-state index < -0.39 is 22.8 Å². The number of carboxylic acids is 1. The Balaban J connectivity index is 2.13. The number of nitrogens with zero attached hydrogens (tertiary/aromatic N) is 1. The lowest BCUT2D eigenvalue weighted by atomic mass is 10.0. The summed E-state index contributed by atoms with van der Waals surface area (Å²) in [6.45, 7) is 1.92. The Morgan fingerprint density at radius 2 is 1.88 bits per heavy atom. The lowest BCUT2D eigenvalue weighted by molar-refractivity contribution is -0.384. The third kappa shape index (κ3) is 4.39. The molecule has 0 aliphatic carbocycles. The van der Waals surface area contributed by atoms with Crippen LogP contribution in [-0.2, 0) is 11.2 Å². The van der Waals surface area contributed by atoms with Crippen molar-refractivity contribution in [1.29, 1.82) is 0 Å². The zero-order valence-corrected chi connectivity index (χ0v) is 12.9. The summed E-state index contributed by atoms with van der Waals surface area (Å²) in [6, 6.07) is 11.3. The number of nitro benzene ring substituents is 1. The molecule has 0 spiro atoms. The van der Waals surface area contributed by atoms with Gasteiger partial charge in [-0.25, -0.2) is 4.79 Å². The van der Waals surface area contributed by atoms with Crippen LogP contribution in [0.25, 0.3) is 0 Å². The molecular formula is C17H16N2O5. The fourth-order valence-electron chi connectivity index (χ4n) is 2.16. The molecule has 0 saturated heterocycles. The topological polar surface area (TPSA) is 110 Å². The van der Waals surface area contributed by atoms with Gasteiger partial charge in [-0.1, -0.05) is 35.9 Å². The van der Waals surface area contributed by atoms with E-state index in [1.165, 1.54) is 18.2 Å². The van der Waals surface area contributed by atoms with E-state index in [9.17, 15) is 24.8 Å². The SMILES string of the molecule is Cc1ccc(C[C@@H](NC(=O)c2cccc([N+](=O)[O-])c2)C(=O)O)cc1. The zero-order valence-electron chi connectivity index (χ0n) is 12.9. The van der Waals surface area contributed by atoms with Crippen LogP contribution in [0.1, 0.15) is 21.5 Å². The molecule has 0 aromatic heterocycles. The number of carboxylic acid groups (broad SMARTS) is 1. The number of benzene rings is 2. The van der Waals surface area contributed by atoms with Gasteiger partial charge >= 0.3 is 5.97 Å². The van der Waals surface area contributed by atoms with E-state index in [4.69, 9.17) is 0 Å². The Morgan fingerprint density at radius 1 is 1.21 bits per heavy atom. The molecule has 0 bridgehead atoms. The number of aliphatic carboxylic acids is 1. The third-order valence-electron chi connectivity index (χ3n) is 3.48. The second kappa shape index (κ2) is 7.36. The largest absolute Gasteiger partial charge is 0.480 e. The summed E-state index contributed by atoms with van der Waals surface area (Å²) < 4.78 is 0. The summed E-state index contributed by atoms with van der Waals surface area (Å²) >= 11 is 0. The maximum absolute atomic E-state index is 12.2. The quantitative estimate of drug-likeness (QED) is 0.625. The van der Waals surface area contributed by atoms with E-state index in [0.29, 0.717) is 0 Å². The highest BCUT2D eigenvalue weighted by atomic mass is 16.6. The number of aryl methyl sites for hydroxylation is 1. The second-order valence-electron chi connectivity index (χ2n) is 5.36. The summed E-state index contributed by atoms with van der Waals surface area (Å²) in [5.74, 6) is -1.84. The van der Waals surface area contributed by atoms with Crippen LogP contribution in [0.3, 0.4) is 0 Å². The predicted molar refractivity (Wildman–Crippen MR) is 86.9 cm³/mol. The van der Waals surface area contributed by atoms with E-state index in [1.54, 1.807) is 12.1 Å². The molecule has 7 nitrogen and oxygen atoms in total. The molecule has 0 saturated carbocycles. The number of amides is 1. The van der Waals surface area contributed by atoms with Crippen molar-refractivity contribution in [2.24, 2.45) is 0 Å². The molecule has 0 aliphatic heterocycles. The molecule has 0 aliphatic rings. The highest BCUT2D eigenvalue weighted by Gasteiger charge is 2.22. The molecule has 0 unspecified atom stereocenters. The Labute approximate surface area is 138 Å². The first kappa shape index (κ1) is 17.1. The number of nitro groups is 1. The maximum atomic E-state index is 12.2. The predicted octanol–water partition coefficient (Wildman–Crippen LogP) is 2.33. The van der Waals surface area contributed by atoms with Gasteiger partial charge in [0.25, 0.3) is 11.6 Å². The Morgan fingerprint density at radius 3 is 2.46 bits per heavy atom. The fourth-order valence-corrected chi connectivity index (χ4v) is 2.16. The van der Waals surface area contributed by atoms with Crippen molar-refractivity contribution >= 4 is 17.6 Å². The van der Waals surface area contributed by atoms with Crippen molar-refractivity contribution < 1.29 is 19.6 Å². The standard InChI is InChI=1S/C17H16N2O5/c1-11-5-7-12(8-6-11)9-15(17(21)22)18-16(20)13-3-2-4-14(10-13)19(23)24/h2-8,10,15H,9H2,1H3,(H,18,20)(H,21,22)/t15-/m1/s1. The van der Waals surface area contributed by atoms with Crippen LogP contribution < -0.4 is 5.32 Å². The molecule has 24 heavy (non-hydrogen) atoms. The number of nitrogens with one attached hydrogen (secondary N) is 1. The molecule has 0 heterocycles. The van der Waals surface area contributed by atoms with Gasteiger partial charge in [0.15, 0.2) is 0 Å². The van der Waals surface area contributed by atoms with Gasteiger partial charge in [0.1, 0.15) is 6.04 Å². The summed E-state index contributed by atoms with van der Waals surface area (Å²) in [5, 5.41) is 22.5. The average molecular weight is 328 g/mol. The molecule has 0 fully saturated rings. The third-order valence-corrected chi connectivity index (χ3v) is 3.48. The van der Waals surface area contributed by atoms with Crippen LogP contribution >= 0.6 is 0 Å². The van der Waals surface area contributed by atoms with E-state index in [0.717, 1.165) is 17.2 Å². The van der Waals surface area contributed by atoms with Gasteiger partial charge in [0, 0.05) is 24.1 Å². The minimum atomic E-state index is -1.17. The van der Waals surface area contributed by atoms with Gasteiger partial charge in [-0.15, -0.1) is 0 Å². The minimum absolute atomic E-state index is 0.0411. The molecule has 0 radical (unpaired) electrons. The number of hydrogen-bond donors (Lipinski definition) is 2. The van der Waals surface area contributed by atoms with Crippen LogP contribution in [0, 0.1) is 17.0 Å². The van der Waals surface area contributed by atoms with Crippen molar-refractivity contribution in [2.45, 2.75) is 19.4 Å². The number of carbonyl (C=O) groups excluding carboxylic acids is 1. The lowest BCUT2D eigenvalue weighted by Gasteiger charge is -2.15. The molecular weight excluding hydrogens is 312 g/mol. The first-order valence-electron chi connectivity index (χ1n) is 7.20. The van der Waals surface area contributed by atoms with Crippen LogP contribution in [0.5, 0.6) is 0 Å². The van der Waals surface area contributed by atoms with Crippen molar-refractivity contribution in [3.63, 3.8) is 0 Å². The first-order valence-corrected chi connectivity index (χ1v) is 7.20. The van der Waals surface area contributed by atoms with E-state index in [1.807, 2.05) is 19.1 Å². The molecule has 2 aromatic carbocycles. The monoisotopic (exact) mass is 328 g/mol. The van der Waals surface area contributed by atoms with Crippen molar-refractivity contribution in [1.82, 2.24) is 5.32 Å². The second-order valence-corrected chi connectivity index (χ2v) is 5.36. The van der Waals surface area contributed by atoms with Gasteiger partial charge in [-0.05, 0) is 18.6 Å².